The zero-order valence-electron chi connectivity index (χ0n) is 15.3. The first-order chi connectivity index (χ1) is 12.6. The van der Waals surface area contributed by atoms with Crippen molar-refractivity contribution in [3.8, 4) is 5.75 Å². The highest BCUT2D eigenvalue weighted by Gasteiger charge is 2.40. The number of hydrogen-bond donors (Lipinski definition) is 1. The maximum Gasteiger partial charge on any atom is 0.233 e. The Morgan fingerprint density at radius 3 is 2.73 bits per heavy atom. The van der Waals surface area contributed by atoms with Crippen LogP contribution in [0.25, 0.3) is 0 Å². The molecule has 1 N–H and O–H groups in total. The van der Waals surface area contributed by atoms with Gasteiger partial charge in [0.2, 0.25) is 12.3 Å². The summed E-state index contributed by atoms with van der Waals surface area (Å²) < 4.78 is 5.47. The molecule has 2 atom stereocenters. The van der Waals surface area contributed by atoms with Crippen LogP contribution in [0.5, 0.6) is 5.75 Å². The molecule has 1 aliphatic rings. The lowest BCUT2D eigenvalue weighted by Gasteiger charge is -2.19. The van der Waals surface area contributed by atoms with Crippen molar-refractivity contribution < 1.29 is 19.5 Å². The number of amides is 2. The summed E-state index contributed by atoms with van der Waals surface area (Å²) >= 11 is 0. The number of benzene rings is 1. The summed E-state index contributed by atoms with van der Waals surface area (Å²) in [6, 6.07) is 7.66. The highest BCUT2D eigenvalue weighted by atomic mass is 16.5. The second-order valence-corrected chi connectivity index (χ2v) is 6.70. The fourth-order valence-corrected chi connectivity index (χ4v) is 3.38. The molecule has 1 heterocycles. The molecule has 0 saturated carbocycles. The van der Waals surface area contributed by atoms with E-state index in [9.17, 15) is 14.8 Å². The second-order valence-electron chi connectivity index (χ2n) is 6.70. The van der Waals surface area contributed by atoms with E-state index in [-0.39, 0.29) is 24.3 Å². The summed E-state index contributed by atoms with van der Waals surface area (Å²) in [5.74, 6) is 0.584. The lowest BCUT2D eigenvalue weighted by Crippen LogP contribution is -2.33. The van der Waals surface area contributed by atoms with Gasteiger partial charge in [-0.3, -0.25) is 14.8 Å². The van der Waals surface area contributed by atoms with Crippen LogP contribution in [0.3, 0.4) is 0 Å². The molecule has 1 aromatic carbocycles. The van der Waals surface area contributed by atoms with E-state index in [1.807, 2.05) is 29.2 Å². The number of rotatable bonds is 11. The topological polar surface area (TPSA) is 70.1 Å². The highest BCUT2D eigenvalue weighted by Crippen LogP contribution is 2.31. The Balaban J connectivity index is 2.02. The number of carbonyl (C=O) groups is 2. The third-order valence-corrected chi connectivity index (χ3v) is 4.75. The summed E-state index contributed by atoms with van der Waals surface area (Å²) in [7, 11) is 0. The van der Waals surface area contributed by atoms with Gasteiger partial charge in [0.1, 0.15) is 12.4 Å². The SMILES string of the molecule is C=CCOc1ccc(CN2CC(CCCC)C(CN(O)C=O)C2=O)cc1. The van der Waals surface area contributed by atoms with Crippen molar-refractivity contribution in [3.05, 3.63) is 42.5 Å². The molecular formula is C20H28N2O4. The Morgan fingerprint density at radius 1 is 1.38 bits per heavy atom. The molecule has 142 valence electrons. The molecule has 0 bridgehead atoms. The van der Waals surface area contributed by atoms with E-state index >= 15 is 0 Å². The molecular weight excluding hydrogens is 332 g/mol. The van der Waals surface area contributed by atoms with Gasteiger partial charge in [-0.1, -0.05) is 44.6 Å². The molecule has 0 aliphatic carbocycles. The lowest BCUT2D eigenvalue weighted by atomic mass is 9.90. The number of hydroxylamine groups is 2. The molecule has 26 heavy (non-hydrogen) atoms. The van der Waals surface area contributed by atoms with Crippen molar-refractivity contribution in [2.24, 2.45) is 11.8 Å². The van der Waals surface area contributed by atoms with E-state index in [0.717, 1.165) is 30.6 Å². The minimum atomic E-state index is -0.341. The Hall–Kier alpha value is -2.34. The summed E-state index contributed by atoms with van der Waals surface area (Å²) in [4.78, 5) is 25.3. The normalized spacial score (nSPS) is 19.5. The average molecular weight is 360 g/mol. The monoisotopic (exact) mass is 360 g/mol. The van der Waals surface area contributed by atoms with Crippen LogP contribution < -0.4 is 4.74 Å². The largest absolute Gasteiger partial charge is 0.490 e. The van der Waals surface area contributed by atoms with Gasteiger partial charge in [0, 0.05) is 13.1 Å². The van der Waals surface area contributed by atoms with Crippen molar-refractivity contribution in [2.75, 3.05) is 19.7 Å². The molecule has 0 aromatic heterocycles. The van der Waals surface area contributed by atoms with Crippen LogP contribution in [-0.2, 0) is 16.1 Å². The third-order valence-electron chi connectivity index (χ3n) is 4.75. The number of hydrogen-bond acceptors (Lipinski definition) is 4. The Morgan fingerprint density at radius 2 is 2.12 bits per heavy atom. The first-order valence-electron chi connectivity index (χ1n) is 9.11. The third kappa shape index (κ3) is 5.33. The minimum Gasteiger partial charge on any atom is -0.490 e. The molecule has 1 aliphatic heterocycles. The molecule has 6 nitrogen and oxygen atoms in total. The Labute approximate surface area is 155 Å². The number of carbonyl (C=O) groups excluding carboxylic acids is 2. The summed E-state index contributed by atoms with van der Waals surface area (Å²) in [5, 5.41) is 10.1. The minimum absolute atomic E-state index is 0.000938. The van der Waals surface area contributed by atoms with Gasteiger partial charge in [-0.25, -0.2) is 5.06 Å². The molecule has 2 unspecified atom stereocenters. The van der Waals surface area contributed by atoms with Crippen molar-refractivity contribution in [1.29, 1.82) is 0 Å². The van der Waals surface area contributed by atoms with Gasteiger partial charge >= 0.3 is 0 Å². The number of ether oxygens (including phenoxy) is 1. The maximum absolute atomic E-state index is 12.8. The Kier molecular flexibility index (Phi) is 7.66. The predicted molar refractivity (Wildman–Crippen MR) is 98.6 cm³/mol. The van der Waals surface area contributed by atoms with E-state index < -0.39 is 0 Å². The van der Waals surface area contributed by atoms with Gasteiger partial charge in [0.25, 0.3) is 0 Å². The van der Waals surface area contributed by atoms with Gasteiger partial charge in [0.05, 0.1) is 12.5 Å². The van der Waals surface area contributed by atoms with Crippen LogP contribution in [0.15, 0.2) is 36.9 Å². The lowest BCUT2D eigenvalue weighted by molar-refractivity contribution is -0.155. The zero-order chi connectivity index (χ0) is 18.9. The van der Waals surface area contributed by atoms with Crippen LogP contribution >= 0.6 is 0 Å². The van der Waals surface area contributed by atoms with Crippen LogP contribution in [-0.4, -0.2) is 47.2 Å². The van der Waals surface area contributed by atoms with Crippen LogP contribution in [0.4, 0.5) is 0 Å². The molecule has 1 fully saturated rings. The van der Waals surface area contributed by atoms with E-state index in [1.165, 1.54) is 0 Å². The van der Waals surface area contributed by atoms with Gasteiger partial charge in [-0.05, 0) is 30.0 Å². The van der Waals surface area contributed by atoms with Gasteiger partial charge in [-0.15, -0.1) is 0 Å². The van der Waals surface area contributed by atoms with Gasteiger partial charge < -0.3 is 9.64 Å². The number of unbranched alkanes of at least 4 members (excludes halogenated alkanes) is 1. The van der Waals surface area contributed by atoms with Crippen molar-refractivity contribution >= 4 is 12.3 Å². The molecule has 0 spiro atoms. The molecule has 2 amide bonds. The van der Waals surface area contributed by atoms with Crippen LogP contribution in [0.2, 0.25) is 0 Å². The van der Waals surface area contributed by atoms with Crippen LogP contribution in [0, 0.1) is 11.8 Å². The predicted octanol–water partition coefficient (Wildman–Crippen LogP) is 2.86. The van der Waals surface area contributed by atoms with E-state index in [1.54, 1.807) is 6.08 Å². The van der Waals surface area contributed by atoms with Crippen LogP contribution in [0.1, 0.15) is 31.7 Å². The first-order valence-corrected chi connectivity index (χ1v) is 9.11. The van der Waals surface area contributed by atoms with Crippen molar-refractivity contribution in [3.63, 3.8) is 0 Å². The van der Waals surface area contributed by atoms with Gasteiger partial charge in [-0.2, -0.15) is 0 Å². The Bertz CT molecular complexity index is 602. The van der Waals surface area contributed by atoms with E-state index in [4.69, 9.17) is 4.74 Å². The molecule has 0 radical (unpaired) electrons. The van der Waals surface area contributed by atoms with E-state index in [2.05, 4.69) is 13.5 Å². The van der Waals surface area contributed by atoms with Gasteiger partial charge in [0.15, 0.2) is 0 Å². The molecule has 6 heteroatoms. The molecule has 2 rings (SSSR count). The molecule has 1 aromatic rings. The smallest absolute Gasteiger partial charge is 0.233 e. The highest BCUT2D eigenvalue weighted by molar-refractivity contribution is 5.81. The van der Waals surface area contributed by atoms with Crippen molar-refractivity contribution in [1.82, 2.24) is 9.96 Å². The van der Waals surface area contributed by atoms with Crippen molar-refractivity contribution in [2.45, 2.75) is 32.7 Å². The standard InChI is InChI=1S/C20H28N2O4/c1-3-5-6-17-13-21(20(24)19(17)14-22(25)15-23)12-16-7-9-18(10-8-16)26-11-4-2/h4,7-10,15,17,19,25H,2-3,5-6,11-14H2,1H3. The first kappa shape index (κ1) is 20.0. The summed E-state index contributed by atoms with van der Waals surface area (Å²) in [6.07, 6.45) is 5.06. The number of likely N-dealkylation sites (tertiary alicyclic amines) is 1. The van der Waals surface area contributed by atoms with E-state index in [0.29, 0.717) is 31.2 Å². The quantitative estimate of drug-likeness (QED) is 0.285. The summed E-state index contributed by atoms with van der Waals surface area (Å²) in [6.45, 7) is 7.43. The molecule has 1 saturated heterocycles. The fourth-order valence-electron chi connectivity index (χ4n) is 3.38. The average Bonchev–Trinajstić information content (AvgIpc) is 2.94. The fraction of sp³-hybridized carbons (Fsp3) is 0.500. The summed E-state index contributed by atoms with van der Waals surface area (Å²) in [5.41, 5.74) is 1.02. The number of nitrogens with zero attached hydrogens (tertiary/aromatic N) is 2. The second kappa shape index (κ2) is 9.97. The maximum atomic E-state index is 12.8. The zero-order valence-corrected chi connectivity index (χ0v) is 15.3.